The summed E-state index contributed by atoms with van der Waals surface area (Å²) in [5, 5.41) is 2.96. The Bertz CT molecular complexity index is 357. The van der Waals surface area contributed by atoms with Crippen LogP contribution in [-0.4, -0.2) is 13.7 Å². The Morgan fingerprint density at radius 1 is 1.53 bits per heavy atom. The second-order valence-corrected chi connectivity index (χ2v) is 3.08. The summed E-state index contributed by atoms with van der Waals surface area (Å²) in [6.45, 7) is 1.03. The molecule has 0 atom stereocenters. The summed E-state index contributed by atoms with van der Waals surface area (Å²) in [5.41, 5.74) is 0.800. The first-order valence-corrected chi connectivity index (χ1v) is 4.77. The van der Waals surface area contributed by atoms with Gasteiger partial charge in [0.2, 0.25) is 0 Å². The van der Waals surface area contributed by atoms with Crippen molar-refractivity contribution in [1.29, 1.82) is 0 Å². The number of nitrogens with one attached hydrogen (secondary N) is 1. The van der Waals surface area contributed by atoms with Crippen molar-refractivity contribution in [2.24, 2.45) is 0 Å². The van der Waals surface area contributed by atoms with Crippen LogP contribution < -0.4 is 10.1 Å². The first-order chi connectivity index (χ1) is 7.27. The van der Waals surface area contributed by atoms with E-state index in [0.717, 1.165) is 5.56 Å². The molecule has 3 heteroatoms. The minimum Gasteiger partial charge on any atom is -0.492 e. The molecule has 1 N–H and O–H groups in total. The molecule has 0 radical (unpaired) electrons. The highest BCUT2D eigenvalue weighted by molar-refractivity contribution is 5.33. The van der Waals surface area contributed by atoms with E-state index >= 15 is 0 Å². The van der Waals surface area contributed by atoms with Gasteiger partial charge >= 0.3 is 0 Å². The molecule has 0 aromatic heterocycles. The van der Waals surface area contributed by atoms with Gasteiger partial charge in [0.1, 0.15) is 11.6 Å². The number of hydrogen-bond acceptors (Lipinski definition) is 2. The quantitative estimate of drug-likeness (QED) is 0.588. The van der Waals surface area contributed by atoms with Gasteiger partial charge in [-0.2, -0.15) is 0 Å². The van der Waals surface area contributed by atoms with Crippen molar-refractivity contribution in [3.8, 4) is 18.1 Å². The smallest absolute Gasteiger partial charge is 0.124 e. The maximum absolute atomic E-state index is 12.9. The predicted octanol–water partition coefficient (Wildman–Crippen LogP) is 1.95. The van der Waals surface area contributed by atoms with Gasteiger partial charge in [0.25, 0.3) is 0 Å². The van der Waals surface area contributed by atoms with Crippen LogP contribution in [0.1, 0.15) is 12.0 Å². The van der Waals surface area contributed by atoms with E-state index in [-0.39, 0.29) is 5.82 Å². The molecule has 0 unspecified atom stereocenters. The molecular formula is C12H14FNO. The molecule has 15 heavy (non-hydrogen) atoms. The van der Waals surface area contributed by atoms with Crippen LogP contribution in [0.25, 0.3) is 0 Å². The van der Waals surface area contributed by atoms with Gasteiger partial charge < -0.3 is 10.1 Å². The fourth-order valence-corrected chi connectivity index (χ4v) is 1.24. The van der Waals surface area contributed by atoms with E-state index in [1.807, 2.05) is 0 Å². The molecule has 0 aliphatic heterocycles. The van der Waals surface area contributed by atoms with Crippen molar-refractivity contribution in [3.63, 3.8) is 0 Å². The standard InChI is InChI=1S/C12H14FNO/c1-3-4-7-15-12-6-5-11(13)8-10(12)9-14-2/h1,5-6,8,14H,4,7,9H2,2H3. The molecule has 1 aromatic carbocycles. The highest BCUT2D eigenvalue weighted by Gasteiger charge is 2.04. The molecule has 0 spiro atoms. The van der Waals surface area contributed by atoms with Crippen LogP contribution >= 0.6 is 0 Å². The van der Waals surface area contributed by atoms with Gasteiger partial charge in [-0.25, -0.2) is 4.39 Å². The average Bonchev–Trinajstić information content (AvgIpc) is 2.22. The van der Waals surface area contributed by atoms with E-state index in [4.69, 9.17) is 11.2 Å². The fourth-order valence-electron chi connectivity index (χ4n) is 1.24. The first-order valence-electron chi connectivity index (χ1n) is 4.77. The monoisotopic (exact) mass is 207 g/mol. The SMILES string of the molecule is C#CCCOc1ccc(F)cc1CNC. The summed E-state index contributed by atoms with van der Waals surface area (Å²) in [5.74, 6) is 2.91. The molecule has 0 heterocycles. The molecule has 0 amide bonds. The summed E-state index contributed by atoms with van der Waals surface area (Å²) in [6, 6.07) is 4.46. The molecule has 1 rings (SSSR count). The number of terminal acetylenes is 1. The van der Waals surface area contributed by atoms with Gasteiger partial charge in [-0.15, -0.1) is 12.3 Å². The van der Waals surface area contributed by atoms with Crippen LogP contribution in [0.2, 0.25) is 0 Å². The minimum absolute atomic E-state index is 0.260. The van der Waals surface area contributed by atoms with Gasteiger partial charge in [0, 0.05) is 18.5 Å². The van der Waals surface area contributed by atoms with Crippen LogP contribution in [0.5, 0.6) is 5.75 Å². The zero-order chi connectivity index (χ0) is 11.1. The zero-order valence-electron chi connectivity index (χ0n) is 8.72. The molecule has 0 aliphatic carbocycles. The number of rotatable bonds is 5. The largest absolute Gasteiger partial charge is 0.492 e. The van der Waals surface area contributed by atoms with E-state index in [9.17, 15) is 4.39 Å². The van der Waals surface area contributed by atoms with Crippen molar-refractivity contribution in [2.75, 3.05) is 13.7 Å². The molecule has 2 nitrogen and oxygen atoms in total. The van der Waals surface area contributed by atoms with Gasteiger partial charge in [-0.3, -0.25) is 0 Å². The molecular weight excluding hydrogens is 193 g/mol. The lowest BCUT2D eigenvalue weighted by Gasteiger charge is -2.10. The summed E-state index contributed by atoms with van der Waals surface area (Å²) >= 11 is 0. The van der Waals surface area contributed by atoms with Gasteiger partial charge in [-0.1, -0.05) is 0 Å². The lowest BCUT2D eigenvalue weighted by Crippen LogP contribution is -2.08. The summed E-state index contributed by atoms with van der Waals surface area (Å²) in [4.78, 5) is 0. The van der Waals surface area contributed by atoms with Crippen molar-refractivity contribution >= 4 is 0 Å². The van der Waals surface area contributed by atoms with E-state index in [0.29, 0.717) is 25.3 Å². The number of benzene rings is 1. The van der Waals surface area contributed by atoms with E-state index < -0.39 is 0 Å². The second-order valence-electron chi connectivity index (χ2n) is 3.08. The van der Waals surface area contributed by atoms with Crippen molar-refractivity contribution in [3.05, 3.63) is 29.6 Å². The highest BCUT2D eigenvalue weighted by Crippen LogP contribution is 2.19. The number of halogens is 1. The highest BCUT2D eigenvalue weighted by atomic mass is 19.1. The molecule has 0 bridgehead atoms. The molecule has 1 aromatic rings. The summed E-state index contributed by atoms with van der Waals surface area (Å²) in [6.07, 6.45) is 5.66. The Kier molecular flexibility index (Phi) is 4.65. The van der Waals surface area contributed by atoms with Gasteiger partial charge in [0.15, 0.2) is 0 Å². The zero-order valence-corrected chi connectivity index (χ0v) is 8.72. The van der Waals surface area contributed by atoms with Crippen molar-refractivity contribution in [2.45, 2.75) is 13.0 Å². The Morgan fingerprint density at radius 2 is 2.33 bits per heavy atom. The predicted molar refractivity (Wildman–Crippen MR) is 58.1 cm³/mol. The maximum Gasteiger partial charge on any atom is 0.124 e. The maximum atomic E-state index is 12.9. The first kappa shape index (κ1) is 11.5. The Balaban J connectivity index is 2.72. The molecule has 0 saturated heterocycles. The number of hydrogen-bond donors (Lipinski definition) is 1. The normalized spacial score (nSPS) is 9.67. The van der Waals surface area contributed by atoms with Crippen LogP contribution in [0.15, 0.2) is 18.2 Å². The second kappa shape index (κ2) is 6.05. The van der Waals surface area contributed by atoms with Crippen molar-refractivity contribution < 1.29 is 9.13 Å². The van der Waals surface area contributed by atoms with E-state index in [1.54, 1.807) is 13.1 Å². The summed E-state index contributed by atoms with van der Waals surface area (Å²) in [7, 11) is 1.80. The van der Waals surface area contributed by atoms with Gasteiger partial charge in [-0.05, 0) is 25.2 Å². The third kappa shape index (κ3) is 3.61. The third-order valence-corrected chi connectivity index (χ3v) is 1.89. The lowest BCUT2D eigenvalue weighted by atomic mass is 10.2. The fraction of sp³-hybridized carbons (Fsp3) is 0.333. The average molecular weight is 207 g/mol. The van der Waals surface area contributed by atoms with E-state index in [2.05, 4.69) is 11.2 Å². The topological polar surface area (TPSA) is 21.3 Å². The molecule has 0 saturated carbocycles. The third-order valence-electron chi connectivity index (χ3n) is 1.89. The molecule has 80 valence electrons. The minimum atomic E-state index is -0.260. The van der Waals surface area contributed by atoms with Crippen molar-refractivity contribution in [1.82, 2.24) is 5.32 Å². The summed E-state index contributed by atoms with van der Waals surface area (Å²) < 4.78 is 18.4. The van der Waals surface area contributed by atoms with E-state index in [1.165, 1.54) is 12.1 Å². The Hall–Kier alpha value is -1.53. The Morgan fingerprint density at radius 3 is 3.00 bits per heavy atom. The van der Waals surface area contributed by atoms with Crippen LogP contribution in [0.4, 0.5) is 4.39 Å². The van der Waals surface area contributed by atoms with Crippen LogP contribution in [0, 0.1) is 18.2 Å². The molecule has 0 fully saturated rings. The van der Waals surface area contributed by atoms with Crippen LogP contribution in [0.3, 0.4) is 0 Å². The Labute approximate surface area is 89.4 Å². The van der Waals surface area contributed by atoms with Crippen LogP contribution in [-0.2, 0) is 6.54 Å². The lowest BCUT2D eigenvalue weighted by molar-refractivity contribution is 0.322. The number of ether oxygens (including phenoxy) is 1. The molecule has 0 aliphatic rings. The van der Waals surface area contributed by atoms with Gasteiger partial charge in [0.05, 0.1) is 6.61 Å².